The Bertz CT molecular complexity index is 1000. The van der Waals surface area contributed by atoms with Crippen LogP contribution in [-0.2, 0) is 5.41 Å². The van der Waals surface area contributed by atoms with Crippen molar-refractivity contribution in [1.29, 1.82) is 5.26 Å². The van der Waals surface area contributed by atoms with Gasteiger partial charge in [-0.1, -0.05) is 38.1 Å². The van der Waals surface area contributed by atoms with Crippen molar-refractivity contribution < 1.29 is 9.47 Å². The Hall–Kier alpha value is -3.39. The van der Waals surface area contributed by atoms with Crippen LogP contribution in [0.4, 0.5) is 0 Å². The van der Waals surface area contributed by atoms with Crippen LogP contribution in [0.3, 0.4) is 0 Å². The fourth-order valence-corrected chi connectivity index (χ4v) is 3.30. The second-order valence-corrected chi connectivity index (χ2v) is 7.80. The van der Waals surface area contributed by atoms with Gasteiger partial charge in [0, 0.05) is 5.41 Å². The lowest BCUT2D eigenvalue weighted by molar-refractivity contribution is 0.120. The molecule has 5 nitrogen and oxygen atoms in total. The highest BCUT2D eigenvalue weighted by molar-refractivity contribution is 5.42. The summed E-state index contributed by atoms with van der Waals surface area (Å²) < 4.78 is 11.7. The predicted octanol–water partition coefficient (Wildman–Crippen LogP) is 5.40. The Morgan fingerprint density at radius 3 is 1.90 bits per heavy atom. The van der Waals surface area contributed by atoms with Crippen LogP contribution in [0.25, 0.3) is 0 Å². The summed E-state index contributed by atoms with van der Waals surface area (Å²) in [7, 11) is 0. The zero-order valence-electron chi connectivity index (χ0n) is 16.6. The molecule has 1 fully saturated rings. The first-order valence-corrected chi connectivity index (χ1v) is 9.82. The Balaban J connectivity index is 1.45. The Kier molecular flexibility index (Phi) is 5.18. The number of benzene rings is 2. The van der Waals surface area contributed by atoms with Crippen LogP contribution in [-0.4, -0.2) is 16.1 Å². The number of hydrogen-bond acceptors (Lipinski definition) is 5. The first-order chi connectivity index (χ1) is 14.0. The molecule has 2 aromatic carbocycles. The van der Waals surface area contributed by atoms with Gasteiger partial charge in [-0.15, -0.1) is 0 Å². The highest BCUT2D eigenvalue weighted by atomic mass is 16.5. The van der Waals surface area contributed by atoms with Crippen molar-refractivity contribution in [2.75, 3.05) is 0 Å². The summed E-state index contributed by atoms with van der Waals surface area (Å²) >= 11 is 0. The number of hydrogen-bond donors (Lipinski definition) is 0. The third-order valence-corrected chi connectivity index (χ3v) is 5.47. The van der Waals surface area contributed by atoms with Gasteiger partial charge >= 0.3 is 0 Å². The van der Waals surface area contributed by atoms with Crippen molar-refractivity contribution in [3.05, 3.63) is 77.9 Å². The molecule has 1 aliphatic rings. The van der Waals surface area contributed by atoms with Gasteiger partial charge in [0.2, 0.25) is 5.82 Å². The minimum Gasteiger partial charge on any atom is -0.490 e. The minimum atomic E-state index is -0.148. The average Bonchev–Trinajstić information content (AvgIpc) is 2.72. The molecule has 0 bridgehead atoms. The Morgan fingerprint density at radius 2 is 1.41 bits per heavy atom. The van der Waals surface area contributed by atoms with Crippen molar-refractivity contribution in [3.63, 3.8) is 0 Å². The lowest BCUT2D eigenvalue weighted by Gasteiger charge is -2.28. The molecular formula is C24H23N3O2. The molecule has 0 aliphatic heterocycles. The van der Waals surface area contributed by atoms with E-state index in [1.54, 1.807) is 0 Å². The van der Waals surface area contributed by atoms with E-state index < -0.39 is 0 Å². The van der Waals surface area contributed by atoms with Crippen molar-refractivity contribution in [3.8, 4) is 23.3 Å². The van der Waals surface area contributed by atoms with Crippen molar-refractivity contribution in [2.24, 2.45) is 0 Å². The molecule has 0 saturated heterocycles. The minimum absolute atomic E-state index is 0.124. The van der Waals surface area contributed by atoms with Gasteiger partial charge in [0.15, 0.2) is 5.75 Å². The second-order valence-electron chi connectivity index (χ2n) is 7.80. The van der Waals surface area contributed by atoms with Gasteiger partial charge in [-0.05, 0) is 54.7 Å². The Morgan fingerprint density at radius 1 is 0.862 bits per heavy atom. The maximum absolute atomic E-state index is 8.76. The van der Waals surface area contributed by atoms with Crippen LogP contribution >= 0.6 is 0 Å². The number of ether oxygens (including phenoxy) is 2. The number of rotatable bonds is 6. The topological polar surface area (TPSA) is 68.0 Å². The summed E-state index contributed by atoms with van der Waals surface area (Å²) in [6.45, 7) is 4.41. The lowest BCUT2D eigenvalue weighted by atomic mass is 9.78. The zero-order chi connectivity index (χ0) is 20.3. The van der Waals surface area contributed by atoms with Crippen LogP contribution in [0, 0.1) is 11.3 Å². The van der Waals surface area contributed by atoms with E-state index >= 15 is 0 Å². The second kappa shape index (κ2) is 7.92. The van der Waals surface area contributed by atoms with E-state index in [0.29, 0.717) is 17.6 Å². The molecule has 5 heteroatoms. The van der Waals surface area contributed by atoms with Crippen molar-refractivity contribution >= 4 is 0 Å². The number of aromatic nitrogens is 2. The van der Waals surface area contributed by atoms with Crippen LogP contribution < -0.4 is 9.47 Å². The van der Waals surface area contributed by atoms with E-state index in [9.17, 15) is 0 Å². The number of nitrogens with zero attached hydrogens (tertiary/aromatic N) is 3. The molecule has 29 heavy (non-hydrogen) atoms. The molecule has 1 aromatic heterocycles. The van der Waals surface area contributed by atoms with Gasteiger partial charge < -0.3 is 9.47 Å². The molecule has 1 heterocycles. The van der Waals surface area contributed by atoms with Crippen molar-refractivity contribution in [1.82, 2.24) is 9.97 Å². The van der Waals surface area contributed by atoms with Crippen LogP contribution in [0.2, 0.25) is 0 Å². The number of nitriles is 1. The normalized spacial score (nSPS) is 14.0. The van der Waals surface area contributed by atoms with E-state index in [1.807, 2.05) is 18.2 Å². The van der Waals surface area contributed by atoms with Crippen LogP contribution in [0.1, 0.15) is 50.1 Å². The molecule has 4 rings (SSSR count). The first-order valence-electron chi connectivity index (χ1n) is 9.82. The molecule has 0 radical (unpaired) electrons. The summed E-state index contributed by atoms with van der Waals surface area (Å²) in [6, 6.07) is 18.3. The third kappa shape index (κ3) is 4.22. The smallest absolute Gasteiger partial charge is 0.232 e. The standard InChI is InChI=1S/C24H23N3O2/c1-24(2,17-6-10-20(11-7-17)28-19-4-3-5-19)18-8-12-21(13-9-18)29-22-15-26-23(14-25)27-16-22/h6-13,15-16,19H,3-5H2,1-2H3. The molecule has 1 saturated carbocycles. The van der Waals surface area contributed by atoms with Gasteiger partial charge in [0.1, 0.15) is 17.6 Å². The first kappa shape index (κ1) is 18.9. The molecule has 0 amide bonds. The average molecular weight is 385 g/mol. The molecule has 1 aliphatic carbocycles. The molecule has 3 aromatic rings. The summed E-state index contributed by atoms with van der Waals surface area (Å²) in [5.41, 5.74) is 2.27. The van der Waals surface area contributed by atoms with E-state index in [-0.39, 0.29) is 11.2 Å². The molecular weight excluding hydrogens is 362 g/mol. The molecule has 146 valence electrons. The van der Waals surface area contributed by atoms with Crippen molar-refractivity contribution in [2.45, 2.75) is 44.6 Å². The van der Waals surface area contributed by atoms with Crippen LogP contribution in [0.5, 0.6) is 17.2 Å². The zero-order valence-corrected chi connectivity index (χ0v) is 16.6. The molecule has 0 N–H and O–H groups in total. The highest BCUT2D eigenvalue weighted by Crippen LogP contribution is 2.34. The third-order valence-electron chi connectivity index (χ3n) is 5.47. The van der Waals surface area contributed by atoms with Gasteiger partial charge in [0.05, 0.1) is 18.5 Å². The van der Waals surface area contributed by atoms with Crippen LogP contribution in [0.15, 0.2) is 60.9 Å². The maximum Gasteiger partial charge on any atom is 0.232 e. The lowest BCUT2D eigenvalue weighted by Crippen LogP contribution is -2.24. The monoisotopic (exact) mass is 385 g/mol. The van der Waals surface area contributed by atoms with Gasteiger partial charge in [-0.25, -0.2) is 9.97 Å². The Labute approximate surface area is 171 Å². The quantitative estimate of drug-likeness (QED) is 0.568. The predicted molar refractivity (Wildman–Crippen MR) is 110 cm³/mol. The molecule has 0 atom stereocenters. The summed E-state index contributed by atoms with van der Waals surface area (Å²) in [6.07, 6.45) is 6.98. The van der Waals surface area contributed by atoms with Gasteiger partial charge in [-0.3, -0.25) is 0 Å². The molecule has 0 spiro atoms. The van der Waals surface area contributed by atoms with E-state index in [0.717, 1.165) is 18.6 Å². The summed E-state index contributed by atoms with van der Waals surface area (Å²) in [5.74, 6) is 2.27. The fraction of sp³-hybridized carbons (Fsp3) is 0.292. The summed E-state index contributed by atoms with van der Waals surface area (Å²) in [4.78, 5) is 7.83. The van der Waals surface area contributed by atoms with E-state index in [1.165, 1.54) is 29.9 Å². The maximum atomic E-state index is 8.76. The largest absolute Gasteiger partial charge is 0.490 e. The fourth-order valence-electron chi connectivity index (χ4n) is 3.30. The molecule has 0 unspecified atom stereocenters. The van der Waals surface area contributed by atoms with Gasteiger partial charge in [-0.2, -0.15) is 5.26 Å². The highest BCUT2D eigenvalue weighted by Gasteiger charge is 2.24. The van der Waals surface area contributed by atoms with Gasteiger partial charge in [0.25, 0.3) is 0 Å². The van der Waals surface area contributed by atoms with E-state index in [4.69, 9.17) is 14.7 Å². The SMILES string of the molecule is CC(C)(c1ccc(Oc2cnc(C#N)nc2)cc1)c1ccc(OC2CCC2)cc1. The van der Waals surface area contributed by atoms with E-state index in [2.05, 4.69) is 60.2 Å². The summed E-state index contributed by atoms with van der Waals surface area (Å²) in [5, 5.41) is 8.76.